The van der Waals surface area contributed by atoms with Crippen LogP contribution in [0, 0.1) is 0 Å². The third-order valence-electron chi connectivity index (χ3n) is 4.79. The summed E-state index contributed by atoms with van der Waals surface area (Å²) in [5.41, 5.74) is 0. The molecule has 1 N–H and O–H groups in total. The van der Waals surface area contributed by atoms with Crippen LogP contribution in [0.5, 0.6) is 0 Å². The fraction of sp³-hybridized carbons (Fsp3) is 1.00. The second kappa shape index (κ2) is 7.61. The Bertz CT molecular complexity index is 250. The Balaban J connectivity index is 1.62. The molecule has 2 aliphatic rings. The highest BCUT2D eigenvalue weighted by Gasteiger charge is 2.27. The molecule has 3 nitrogen and oxygen atoms in total. The molecule has 0 amide bonds. The first-order valence-electron chi connectivity index (χ1n) is 8.42. The molecule has 2 rings (SSSR count). The minimum absolute atomic E-state index is 0.712. The van der Waals surface area contributed by atoms with Gasteiger partial charge in [0.05, 0.1) is 0 Å². The van der Waals surface area contributed by atoms with E-state index in [1.807, 2.05) is 0 Å². The topological polar surface area (TPSA) is 18.5 Å². The Labute approximate surface area is 119 Å². The molecule has 1 unspecified atom stereocenters. The van der Waals surface area contributed by atoms with E-state index in [-0.39, 0.29) is 0 Å². The minimum atomic E-state index is 0.712. The van der Waals surface area contributed by atoms with Crippen LogP contribution in [0.25, 0.3) is 0 Å². The number of nitrogens with zero attached hydrogens (tertiary/aromatic N) is 2. The van der Waals surface area contributed by atoms with Crippen molar-refractivity contribution in [2.45, 2.75) is 71.0 Å². The van der Waals surface area contributed by atoms with E-state index in [2.05, 4.69) is 35.9 Å². The quantitative estimate of drug-likeness (QED) is 0.764. The highest BCUT2D eigenvalue weighted by molar-refractivity contribution is 4.84. The van der Waals surface area contributed by atoms with Crippen LogP contribution in [0.2, 0.25) is 0 Å². The molecule has 0 aromatic heterocycles. The highest BCUT2D eigenvalue weighted by atomic mass is 15.2. The van der Waals surface area contributed by atoms with Crippen LogP contribution in [0.3, 0.4) is 0 Å². The molecule has 0 spiro atoms. The summed E-state index contributed by atoms with van der Waals surface area (Å²) < 4.78 is 0. The summed E-state index contributed by atoms with van der Waals surface area (Å²) in [6, 6.07) is 2.38. The second-order valence-electron chi connectivity index (χ2n) is 6.57. The van der Waals surface area contributed by atoms with Crippen LogP contribution in [0.4, 0.5) is 0 Å². The molecular weight excluding hydrogens is 234 g/mol. The minimum Gasteiger partial charge on any atom is -0.313 e. The third-order valence-corrected chi connectivity index (χ3v) is 4.79. The van der Waals surface area contributed by atoms with Gasteiger partial charge in [0.15, 0.2) is 0 Å². The number of likely N-dealkylation sites (tertiary alicyclic amines) is 1. The first-order valence-corrected chi connectivity index (χ1v) is 8.42. The zero-order chi connectivity index (χ0) is 13.7. The van der Waals surface area contributed by atoms with E-state index in [0.29, 0.717) is 6.04 Å². The van der Waals surface area contributed by atoms with Gasteiger partial charge in [-0.15, -0.1) is 0 Å². The van der Waals surface area contributed by atoms with Crippen LogP contribution < -0.4 is 5.32 Å². The molecule has 3 heteroatoms. The van der Waals surface area contributed by atoms with Crippen molar-refractivity contribution in [3.05, 3.63) is 0 Å². The van der Waals surface area contributed by atoms with E-state index in [9.17, 15) is 0 Å². The van der Waals surface area contributed by atoms with Gasteiger partial charge in [-0.3, -0.25) is 4.90 Å². The van der Waals surface area contributed by atoms with Gasteiger partial charge in [-0.1, -0.05) is 6.92 Å². The molecule has 1 saturated carbocycles. The highest BCUT2D eigenvalue weighted by Crippen LogP contribution is 2.25. The van der Waals surface area contributed by atoms with Crippen molar-refractivity contribution in [3.63, 3.8) is 0 Å². The van der Waals surface area contributed by atoms with Gasteiger partial charge in [0.1, 0.15) is 0 Å². The second-order valence-corrected chi connectivity index (χ2v) is 6.57. The molecule has 1 saturated heterocycles. The summed E-state index contributed by atoms with van der Waals surface area (Å²) in [5.74, 6) is 0. The van der Waals surface area contributed by atoms with Crippen molar-refractivity contribution < 1.29 is 0 Å². The third kappa shape index (κ3) is 5.05. The molecule has 0 aromatic rings. The molecule has 0 aromatic carbocycles. The molecule has 112 valence electrons. The standard InChI is InChI=1S/C16H33N3/c1-4-18(16-7-8-16)13-10-17-15-6-5-11-19(12-9-15)14(2)3/h14-17H,4-13H2,1-3H3. The summed E-state index contributed by atoms with van der Waals surface area (Å²) in [7, 11) is 0. The molecule has 2 fully saturated rings. The van der Waals surface area contributed by atoms with E-state index in [1.54, 1.807) is 0 Å². The molecule has 19 heavy (non-hydrogen) atoms. The zero-order valence-corrected chi connectivity index (χ0v) is 13.2. The monoisotopic (exact) mass is 267 g/mol. The van der Waals surface area contributed by atoms with E-state index < -0.39 is 0 Å². The summed E-state index contributed by atoms with van der Waals surface area (Å²) in [6.45, 7) is 13.1. The fourth-order valence-corrected chi connectivity index (χ4v) is 3.29. The van der Waals surface area contributed by atoms with E-state index in [1.165, 1.54) is 64.8 Å². The number of hydrogen-bond donors (Lipinski definition) is 1. The van der Waals surface area contributed by atoms with E-state index in [0.717, 1.165) is 12.1 Å². The Morgan fingerprint density at radius 2 is 1.95 bits per heavy atom. The molecule has 1 atom stereocenters. The average Bonchev–Trinajstić information content (AvgIpc) is 3.21. The van der Waals surface area contributed by atoms with Gasteiger partial charge < -0.3 is 10.2 Å². The maximum atomic E-state index is 3.80. The van der Waals surface area contributed by atoms with Crippen LogP contribution in [0.1, 0.15) is 52.9 Å². The molecular formula is C16H33N3. The molecule has 0 bridgehead atoms. The van der Waals surface area contributed by atoms with Crippen molar-refractivity contribution in [3.8, 4) is 0 Å². The summed E-state index contributed by atoms with van der Waals surface area (Å²) in [4.78, 5) is 5.27. The maximum absolute atomic E-state index is 3.80. The Hall–Kier alpha value is -0.120. The van der Waals surface area contributed by atoms with Crippen LogP contribution in [-0.2, 0) is 0 Å². The predicted molar refractivity (Wildman–Crippen MR) is 82.6 cm³/mol. The lowest BCUT2D eigenvalue weighted by Crippen LogP contribution is -2.39. The SMILES string of the molecule is CCN(CCNC1CCCN(C(C)C)CC1)C1CC1. The number of hydrogen-bond acceptors (Lipinski definition) is 3. The maximum Gasteiger partial charge on any atom is 0.0110 e. The fourth-order valence-electron chi connectivity index (χ4n) is 3.29. The van der Waals surface area contributed by atoms with Gasteiger partial charge >= 0.3 is 0 Å². The van der Waals surface area contributed by atoms with Gasteiger partial charge in [-0.05, 0) is 65.6 Å². The summed E-state index contributed by atoms with van der Waals surface area (Å²) in [5, 5.41) is 3.80. The van der Waals surface area contributed by atoms with Gasteiger partial charge in [-0.25, -0.2) is 0 Å². The van der Waals surface area contributed by atoms with E-state index >= 15 is 0 Å². The number of rotatable bonds is 7. The lowest BCUT2D eigenvalue weighted by Gasteiger charge is -2.25. The van der Waals surface area contributed by atoms with Crippen molar-refractivity contribution in [2.75, 3.05) is 32.7 Å². The Kier molecular flexibility index (Phi) is 6.11. The normalized spacial score (nSPS) is 26.1. The Morgan fingerprint density at radius 3 is 2.58 bits per heavy atom. The number of nitrogens with one attached hydrogen (secondary N) is 1. The lowest BCUT2D eigenvalue weighted by atomic mass is 10.1. The van der Waals surface area contributed by atoms with Crippen molar-refractivity contribution >= 4 is 0 Å². The first-order chi connectivity index (χ1) is 9.20. The van der Waals surface area contributed by atoms with Crippen LogP contribution in [-0.4, -0.2) is 60.6 Å². The average molecular weight is 267 g/mol. The molecule has 1 aliphatic heterocycles. The summed E-state index contributed by atoms with van der Waals surface area (Å²) in [6.07, 6.45) is 6.91. The molecule has 1 aliphatic carbocycles. The number of likely N-dealkylation sites (N-methyl/N-ethyl adjacent to an activating group) is 1. The smallest absolute Gasteiger partial charge is 0.0110 e. The van der Waals surface area contributed by atoms with Crippen molar-refractivity contribution in [1.82, 2.24) is 15.1 Å². The van der Waals surface area contributed by atoms with Crippen LogP contribution in [0.15, 0.2) is 0 Å². The first kappa shape index (κ1) is 15.3. The lowest BCUT2D eigenvalue weighted by molar-refractivity contribution is 0.228. The summed E-state index contributed by atoms with van der Waals surface area (Å²) >= 11 is 0. The predicted octanol–water partition coefficient (Wildman–Crippen LogP) is 2.32. The van der Waals surface area contributed by atoms with Crippen LogP contribution >= 0.6 is 0 Å². The van der Waals surface area contributed by atoms with Gasteiger partial charge in [-0.2, -0.15) is 0 Å². The molecule has 0 radical (unpaired) electrons. The zero-order valence-electron chi connectivity index (χ0n) is 13.2. The van der Waals surface area contributed by atoms with E-state index in [4.69, 9.17) is 0 Å². The van der Waals surface area contributed by atoms with Gasteiger partial charge in [0.2, 0.25) is 0 Å². The van der Waals surface area contributed by atoms with Crippen molar-refractivity contribution in [2.24, 2.45) is 0 Å². The van der Waals surface area contributed by atoms with Gasteiger partial charge in [0.25, 0.3) is 0 Å². The van der Waals surface area contributed by atoms with Crippen molar-refractivity contribution in [1.29, 1.82) is 0 Å². The molecule has 1 heterocycles. The van der Waals surface area contributed by atoms with Gasteiger partial charge in [0, 0.05) is 31.2 Å². The Morgan fingerprint density at radius 1 is 1.16 bits per heavy atom. The largest absolute Gasteiger partial charge is 0.313 e.